The maximum Gasteiger partial charge on any atom is 0.240 e. The van der Waals surface area contributed by atoms with Crippen molar-refractivity contribution in [2.75, 3.05) is 5.73 Å². The number of anilines is 1. The zero-order chi connectivity index (χ0) is 13.2. The van der Waals surface area contributed by atoms with E-state index in [0.29, 0.717) is 6.42 Å². The van der Waals surface area contributed by atoms with Gasteiger partial charge in [-0.2, -0.15) is 0 Å². The largest absolute Gasteiger partial charge is 0.396 e. The van der Waals surface area contributed by atoms with Crippen LogP contribution in [0.4, 0.5) is 10.1 Å². The minimum atomic E-state index is -3.63. The van der Waals surface area contributed by atoms with Crippen LogP contribution in [-0.4, -0.2) is 14.5 Å². The molecule has 1 aromatic rings. The Morgan fingerprint density at radius 1 is 1.33 bits per heavy atom. The Labute approximate surface area is 106 Å². The summed E-state index contributed by atoms with van der Waals surface area (Å²) in [6.07, 6.45) is 6.29. The summed E-state index contributed by atoms with van der Waals surface area (Å²) in [5, 5.41) is 0. The van der Waals surface area contributed by atoms with Crippen molar-refractivity contribution in [2.24, 2.45) is 0 Å². The lowest BCUT2D eigenvalue weighted by molar-refractivity contribution is 0.522. The summed E-state index contributed by atoms with van der Waals surface area (Å²) in [5.41, 5.74) is 5.21. The van der Waals surface area contributed by atoms with E-state index in [1.165, 1.54) is 6.07 Å². The second-order valence-electron chi connectivity index (χ2n) is 4.29. The molecule has 6 heteroatoms. The van der Waals surface area contributed by atoms with E-state index in [0.717, 1.165) is 25.0 Å². The van der Waals surface area contributed by atoms with E-state index < -0.39 is 15.8 Å². The number of nitrogen functional groups attached to an aromatic ring is 1. The summed E-state index contributed by atoms with van der Waals surface area (Å²) < 4.78 is 39.7. The van der Waals surface area contributed by atoms with Gasteiger partial charge in [-0.25, -0.2) is 17.5 Å². The van der Waals surface area contributed by atoms with Gasteiger partial charge in [0, 0.05) is 6.04 Å². The molecule has 18 heavy (non-hydrogen) atoms. The Morgan fingerprint density at radius 2 is 2.11 bits per heavy atom. The molecule has 4 nitrogen and oxygen atoms in total. The maximum atomic E-state index is 13.0. The van der Waals surface area contributed by atoms with Crippen LogP contribution in [0.15, 0.2) is 35.2 Å². The zero-order valence-corrected chi connectivity index (χ0v) is 10.6. The van der Waals surface area contributed by atoms with Crippen molar-refractivity contribution in [3.05, 3.63) is 36.2 Å². The lowest BCUT2D eigenvalue weighted by atomic mass is 10.0. The molecule has 98 valence electrons. The number of nitrogens with two attached hydrogens (primary N) is 1. The van der Waals surface area contributed by atoms with Gasteiger partial charge in [0.2, 0.25) is 10.0 Å². The fourth-order valence-corrected chi connectivity index (χ4v) is 3.20. The predicted molar refractivity (Wildman–Crippen MR) is 67.9 cm³/mol. The highest BCUT2D eigenvalue weighted by Crippen LogP contribution is 2.19. The standard InChI is InChI=1S/C12H15FN2O2S/c13-11-7-6-10(8-12(11)14)18(16,17)15-9-4-2-1-3-5-9/h1-2,6-9,15H,3-5,14H2. The normalized spacial score (nSPS) is 19.9. The lowest BCUT2D eigenvalue weighted by Gasteiger charge is -2.19. The molecule has 0 radical (unpaired) electrons. The second kappa shape index (κ2) is 5.07. The van der Waals surface area contributed by atoms with E-state index >= 15 is 0 Å². The van der Waals surface area contributed by atoms with Gasteiger partial charge in [-0.3, -0.25) is 0 Å². The first-order valence-electron chi connectivity index (χ1n) is 5.71. The van der Waals surface area contributed by atoms with Crippen LogP contribution in [0.1, 0.15) is 19.3 Å². The molecule has 1 unspecified atom stereocenters. The van der Waals surface area contributed by atoms with Crippen LogP contribution in [-0.2, 0) is 10.0 Å². The van der Waals surface area contributed by atoms with Crippen LogP contribution < -0.4 is 10.5 Å². The quantitative estimate of drug-likeness (QED) is 0.649. The number of sulfonamides is 1. The average Bonchev–Trinajstić information content (AvgIpc) is 2.33. The van der Waals surface area contributed by atoms with Crippen LogP contribution in [0.5, 0.6) is 0 Å². The van der Waals surface area contributed by atoms with Gasteiger partial charge in [-0.1, -0.05) is 12.2 Å². The zero-order valence-electron chi connectivity index (χ0n) is 9.77. The van der Waals surface area contributed by atoms with E-state index in [9.17, 15) is 12.8 Å². The number of halogens is 1. The van der Waals surface area contributed by atoms with Crippen molar-refractivity contribution in [3.63, 3.8) is 0 Å². The summed E-state index contributed by atoms with van der Waals surface area (Å²) >= 11 is 0. The predicted octanol–water partition coefficient (Wildman–Crippen LogP) is 1.79. The smallest absolute Gasteiger partial charge is 0.240 e. The van der Waals surface area contributed by atoms with Gasteiger partial charge in [0.15, 0.2) is 0 Å². The molecule has 0 saturated carbocycles. The minimum Gasteiger partial charge on any atom is -0.396 e. The summed E-state index contributed by atoms with van der Waals surface area (Å²) in [7, 11) is -3.63. The molecule has 0 spiro atoms. The third-order valence-corrected chi connectivity index (χ3v) is 4.39. The SMILES string of the molecule is Nc1cc(S(=O)(=O)NC2CC=CCC2)ccc1F. The highest BCUT2D eigenvalue weighted by Gasteiger charge is 2.20. The molecule has 1 aliphatic rings. The van der Waals surface area contributed by atoms with Crippen molar-refractivity contribution in [3.8, 4) is 0 Å². The Kier molecular flexibility index (Phi) is 3.68. The van der Waals surface area contributed by atoms with Crippen LogP contribution in [0.3, 0.4) is 0 Å². The molecule has 0 bridgehead atoms. The van der Waals surface area contributed by atoms with Crippen molar-refractivity contribution in [2.45, 2.75) is 30.2 Å². The first-order chi connectivity index (χ1) is 8.49. The molecular formula is C12H15FN2O2S. The van der Waals surface area contributed by atoms with Crippen LogP contribution in [0.25, 0.3) is 0 Å². The summed E-state index contributed by atoms with van der Waals surface area (Å²) in [5.74, 6) is -0.616. The maximum absolute atomic E-state index is 13.0. The van der Waals surface area contributed by atoms with Crippen molar-refractivity contribution < 1.29 is 12.8 Å². The molecule has 0 aromatic heterocycles. The summed E-state index contributed by atoms with van der Waals surface area (Å²) in [4.78, 5) is -0.00375. The Morgan fingerprint density at radius 3 is 2.72 bits per heavy atom. The van der Waals surface area contributed by atoms with Gasteiger partial charge < -0.3 is 5.73 Å². The van der Waals surface area contributed by atoms with Crippen molar-refractivity contribution in [1.82, 2.24) is 4.72 Å². The molecule has 0 aliphatic heterocycles. The van der Waals surface area contributed by atoms with E-state index in [1.54, 1.807) is 0 Å². The van der Waals surface area contributed by atoms with Gasteiger partial charge in [0.1, 0.15) is 5.82 Å². The minimum absolute atomic E-state index is 0.00375. The topological polar surface area (TPSA) is 72.2 Å². The van der Waals surface area contributed by atoms with E-state index in [4.69, 9.17) is 5.73 Å². The number of allylic oxidation sites excluding steroid dienone is 1. The number of hydrogen-bond acceptors (Lipinski definition) is 3. The van der Waals surface area contributed by atoms with Gasteiger partial charge in [-0.15, -0.1) is 0 Å². The van der Waals surface area contributed by atoms with Gasteiger partial charge in [0.25, 0.3) is 0 Å². The fourth-order valence-electron chi connectivity index (χ4n) is 1.88. The molecule has 0 saturated heterocycles. The monoisotopic (exact) mass is 270 g/mol. The van der Waals surface area contributed by atoms with Crippen LogP contribution in [0.2, 0.25) is 0 Å². The molecular weight excluding hydrogens is 255 g/mol. The van der Waals surface area contributed by atoms with Gasteiger partial charge in [0.05, 0.1) is 10.6 Å². The van der Waals surface area contributed by atoms with Crippen molar-refractivity contribution >= 4 is 15.7 Å². The first-order valence-corrected chi connectivity index (χ1v) is 7.20. The Hall–Kier alpha value is -1.40. The fraction of sp³-hybridized carbons (Fsp3) is 0.333. The van der Waals surface area contributed by atoms with E-state index in [2.05, 4.69) is 4.72 Å². The highest BCUT2D eigenvalue weighted by molar-refractivity contribution is 7.89. The van der Waals surface area contributed by atoms with Crippen LogP contribution in [0, 0.1) is 5.82 Å². The summed E-state index contributed by atoms with van der Waals surface area (Å²) in [6, 6.07) is 3.31. The molecule has 1 atom stereocenters. The van der Waals surface area contributed by atoms with Crippen molar-refractivity contribution in [1.29, 1.82) is 0 Å². The van der Waals surface area contributed by atoms with Crippen LogP contribution >= 0.6 is 0 Å². The summed E-state index contributed by atoms with van der Waals surface area (Å²) in [6.45, 7) is 0. The Bertz CT molecular complexity index is 569. The molecule has 2 rings (SSSR count). The van der Waals surface area contributed by atoms with E-state index in [-0.39, 0.29) is 16.6 Å². The number of benzene rings is 1. The molecule has 1 aromatic carbocycles. The van der Waals surface area contributed by atoms with E-state index in [1.807, 2.05) is 12.2 Å². The molecule has 0 heterocycles. The molecule has 1 aliphatic carbocycles. The second-order valence-corrected chi connectivity index (χ2v) is 6.00. The van der Waals surface area contributed by atoms with Gasteiger partial charge >= 0.3 is 0 Å². The third-order valence-electron chi connectivity index (χ3n) is 2.87. The number of hydrogen-bond donors (Lipinski definition) is 2. The average molecular weight is 270 g/mol. The lowest BCUT2D eigenvalue weighted by Crippen LogP contribution is -2.35. The highest BCUT2D eigenvalue weighted by atomic mass is 32.2. The van der Waals surface area contributed by atoms with Gasteiger partial charge in [-0.05, 0) is 37.5 Å². The first kappa shape index (κ1) is 13.0. The number of nitrogens with one attached hydrogen (secondary N) is 1. The molecule has 3 N–H and O–H groups in total. The third kappa shape index (κ3) is 2.88. The number of rotatable bonds is 3. The molecule has 0 amide bonds. The molecule has 0 fully saturated rings. The Balaban J connectivity index is 2.19.